The van der Waals surface area contributed by atoms with Crippen LogP contribution in [0.4, 0.5) is 10.5 Å². The topological polar surface area (TPSA) is 75.6 Å². The molecule has 18 heavy (non-hydrogen) atoms. The van der Waals surface area contributed by atoms with Crippen molar-refractivity contribution in [1.29, 1.82) is 0 Å². The Morgan fingerprint density at radius 1 is 1.56 bits per heavy atom. The Labute approximate surface area is 125 Å². The largest absolute Gasteiger partial charge is 0.478 e. The number of ether oxygens (including phenoxy) is 1. The summed E-state index contributed by atoms with van der Waals surface area (Å²) in [6.07, 6.45) is 0.823. The van der Waals surface area contributed by atoms with E-state index < -0.39 is 12.1 Å². The van der Waals surface area contributed by atoms with Gasteiger partial charge in [-0.15, -0.1) is 0 Å². The Bertz CT molecular complexity index is 481. The van der Waals surface area contributed by atoms with E-state index in [2.05, 4.69) is 27.8 Å². The van der Waals surface area contributed by atoms with E-state index in [1.807, 2.05) is 22.6 Å². The lowest BCUT2D eigenvalue weighted by Crippen LogP contribution is -2.15. The molecule has 0 heterocycles. The Kier molecular flexibility index (Phi) is 5.60. The number of benzene rings is 1. The molecule has 0 fully saturated rings. The number of carboxylic acids is 1. The molecule has 1 aromatic rings. The van der Waals surface area contributed by atoms with Gasteiger partial charge in [0.25, 0.3) is 0 Å². The highest BCUT2D eigenvalue weighted by Gasteiger charge is 2.14. The highest BCUT2D eigenvalue weighted by Crippen LogP contribution is 2.29. The van der Waals surface area contributed by atoms with Crippen LogP contribution in [-0.2, 0) is 4.74 Å². The molecule has 0 atom stereocenters. The van der Waals surface area contributed by atoms with E-state index in [-0.39, 0.29) is 12.2 Å². The fourth-order valence-electron chi connectivity index (χ4n) is 1.09. The summed E-state index contributed by atoms with van der Waals surface area (Å²) >= 11 is 5.14. The quantitative estimate of drug-likeness (QED) is 0.572. The van der Waals surface area contributed by atoms with Crippen molar-refractivity contribution in [3.8, 4) is 0 Å². The summed E-state index contributed by atoms with van der Waals surface area (Å²) in [5, 5.41) is 11.4. The van der Waals surface area contributed by atoms with Crippen LogP contribution in [0.2, 0.25) is 0 Å². The van der Waals surface area contributed by atoms with Gasteiger partial charge in [0.15, 0.2) is 0 Å². The molecule has 0 aliphatic rings. The molecule has 0 saturated carbocycles. The number of carbonyl (C=O) groups is 2. The molecule has 0 bridgehead atoms. The second-order valence-electron chi connectivity index (χ2n) is 3.13. The Morgan fingerprint density at radius 3 is 2.72 bits per heavy atom. The van der Waals surface area contributed by atoms with Crippen molar-refractivity contribution in [3.63, 3.8) is 0 Å². The van der Waals surface area contributed by atoms with E-state index in [4.69, 9.17) is 9.84 Å². The van der Waals surface area contributed by atoms with E-state index >= 15 is 0 Å². The molecular formula is C11H9BrINO4. The summed E-state index contributed by atoms with van der Waals surface area (Å²) in [7, 11) is 0. The van der Waals surface area contributed by atoms with Crippen molar-refractivity contribution in [2.75, 3.05) is 11.9 Å². The molecular weight excluding hydrogens is 417 g/mol. The van der Waals surface area contributed by atoms with Crippen LogP contribution in [0.3, 0.4) is 0 Å². The first-order valence-electron chi connectivity index (χ1n) is 4.72. The van der Waals surface area contributed by atoms with Crippen molar-refractivity contribution >= 4 is 56.3 Å². The molecule has 1 aromatic carbocycles. The molecule has 0 radical (unpaired) electrons. The first kappa shape index (κ1) is 15.0. The standard InChI is InChI=1S/C11H9BrINO4/c1-2-3-18-11(17)14-9-7(12)4-6(10(15)16)5-8(9)13/h2,4-5H,1,3H2,(H,14,17)(H,15,16). The maximum absolute atomic E-state index is 11.4. The van der Waals surface area contributed by atoms with Gasteiger partial charge in [-0.3, -0.25) is 5.32 Å². The Hall–Kier alpha value is -1.09. The third kappa shape index (κ3) is 3.98. The van der Waals surface area contributed by atoms with Gasteiger partial charge in [-0.1, -0.05) is 12.7 Å². The molecule has 5 nitrogen and oxygen atoms in total. The zero-order valence-corrected chi connectivity index (χ0v) is 12.8. The van der Waals surface area contributed by atoms with Crippen LogP contribution < -0.4 is 5.32 Å². The monoisotopic (exact) mass is 425 g/mol. The number of aromatic carboxylic acids is 1. The number of nitrogens with one attached hydrogen (secondary N) is 1. The number of hydrogen-bond donors (Lipinski definition) is 2. The second-order valence-corrected chi connectivity index (χ2v) is 5.15. The van der Waals surface area contributed by atoms with E-state index in [9.17, 15) is 9.59 Å². The first-order chi connectivity index (χ1) is 8.45. The predicted octanol–water partition coefficient (Wildman–Crippen LogP) is 3.49. The van der Waals surface area contributed by atoms with Crippen molar-refractivity contribution in [2.45, 2.75) is 0 Å². The predicted molar refractivity (Wildman–Crippen MR) is 79.0 cm³/mol. The minimum absolute atomic E-state index is 0.104. The lowest BCUT2D eigenvalue weighted by Gasteiger charge is -2.10. The SMILES string of the molecule is C=CCOC(=O)Nc1c(Br)cc(C(=O)O)cc1I. The molecule has 1 amide bonds. The van der Waals surface area contributed by atoms with Gasteiger partial charge in [0.2, 0.25) is 0 Å². The average molecular weight is 426 g/mol. The maximum atomic E-state index is 11.4. The third-order valence-electron chi connectivity index (χ3n) is 1.85. The number of hydrogen-bond acceptors (Lipinski definition) is 3. The fourth-order valence-corrected chi connectivity index (χ4v) is 2.78. The van der Waals surface area contributed by atoms with Crippen LogP contribution >= 0.6 is 38.5 Å². The Balaban J connectivity index is 2.93. The van der Waals surface area contributed by atoms with Gasteiger partial charge in [0.1, 0.15) is 6.61 Å². The lowest BCUT2D eigenvalue weighted by molar-refractivity contribution is 0.0696. The number of rotatable bonds is 4. The zero-order chi connectivity index (χ0) is 13.7. The maximum Gasteiger partial charge on any atom is 0.412 e. The molecule has 0 aliphatic carbocycles. The van der Waals surface area contributed by atoms with E-state index in [1.54, 1.807) is 0 Å². The van der Waals surface area contributed by atoms with Crippen molar-refractivity contribution in [2.24, 2.45) is 0 Å². The summed E-state index contributed by atoms with van der Waals surface area (Å²) in [6.45, 7) is 3.53. The molecule has 0 aromatic heterocycles. The summed E-state index contributed by atoms with van der Waals surface area (Å²) in [5.41, 5.74) is 0.603. The molecule has 0 spiro atoms. The molecule has 0 saturated heterocycles. The second kappa shape index (κ2) is 6.74. The van der Waals surface area contributed by atoms with Gasteiger partial charge in [-0.2, -0.15) is 0 Å². The van der Waals surface area contributed by atoms with Gasteiger partial charge in [-0.25, -0.2) is 9.59 Å². The van der Waals surface area contributed by atoms with Crippen LogP contribution in [-0.4, -0.2) is 23.8 Å². The molecule has 1 rings (SSSR count). The van der Waals surface area contributed by atoms with Crippen LogP contribution in [0.15, 0.2) is 29.3 Å². The van der Waals surface area contributed by atoms with Crippen LogP contribution in [0.5, 0.6) is 0 Å². The number of carbonyl (C=O) groups excluding carboxylic acids is 1. The smallest absolute Gasteiger partial charge is 0.412 e. The highest BCUT2D eigenvalue weighted by molar-refractivity contribution is 14.1. The van der Waals surface area contributed by atoms with Gasteiger partial charge in [0.05, 0.1) is 11.3 Å². The van der Waals surface area contributed by atoms with Crippen LogP contribution in [0.1, 0.15) is 10.4 Å². The Morgan fingerprint density at radius 2 is 2.22 bits per heavy atom. The van der Waals surface area contributed by atoms with E-state index in [0.29, 0.717) is 13.7 Å². The van der Waals surface area contributed by atoms with Crippen LogP contribution in [0.25, 0.3) is 0 Å². The molecule has 0 unspecified atom stereocenters. The summed E-state index contributed by atoms with van der Waals surface area (Å²) in [5.74, 6) is -1.03. The van der Waals surface area contributed by atoms with E-state index in [1.165, 1.54) is 18.2 Å². The number of carboxylic acid groups (broad SMARTS) is 1. The lowest BCUT2D eigenvalue weighted by atomic mass is 10.2. The molecule has 0 aliphatic heterocycles. The number of amides is 1. The van der Waals surface area contributed by atoms with Gasteiger partial charge in [0, 0.05) is 8.04 Å². The van der Waals surface area contributed by atoms with Crippen molar-refractivity contribution < 1.29 is 19.4 Å². The third-order valence-corrected chi connectivity index (χ3v) is 3.32. The van der Waals surface area contributed by atoms with E-state index in [0.717, 1.165) is 0 Å². The number of anilines is 1. The molecule has 2 N–H and O–H groups in total. The fraction of sp³-hybridized carbons (Fsp3) is 0.0909. The minimum atomic E-state index is -1.03. The minimum Gasteiger partial charge on any atom is -0.478 e. The van der Waals surface area contributed by atoms with Gasteiger partial charge in [-0.05, 0) is 50.7 Å². The summed E-state index contributed by atoms with van der Waals surface area (Å²) < 4.78 is 5.84. The molecule has 7 heteroatoms. The van der Waals surface area contributed by atoms with Crippen LogP contribution in [0, 0.1) is 3.57 Å². The average Bonchev–Trinajstić information content (AvgIpc) is 2.30. The van der Waals surface area contributed by atoms with Gasteiger partial charge >= 0.3 is 12.1 Å². The number of halogens is 2. The van der Waals surface area contributed by atoms with Gasteiger partial charge < -0.3 is 9.84 Å². The van der Waals surface area contributed by atoms with Crippen molar-refractivity contribution in [3.05, 3.63) is 38.4 Å². The van der Waals surface area contributed by atoms with Crippen molar-refractivity contribution in [1.82, 2.24) is 0 Å². The molecule has 96 valence electrons. The highest BCUT2D eigenvalue weighted by atomic mass is 127. The summed E-state index contributed by atoms with van der Waals surface area (Å²) in [4.78, 5) is 22.2. The first-order valence-corrected chi connectivity index (χ1v) is 6.60. The normalized spacial score (nSPS) is 9.67. The summed E-state index contributed by atoms with van der Waals surface area (Å²) in [6, 6.07) is 2.87. The zero-order valence-electron chi connectivity index (χ0n) is 9.07.